The number of nitrogens with zero attached hydrogens (tertiary/aromatic N) is 3. The molecule has 8 heteroatoms. The third kappa shape index (κ3) is 4.65. The van der Waals surface area contributed by atoms with Gasteiger partial charge in [-0.1, -0.05) is 18.2 Å². The highest BCUT2D eigenvalue weighted by Gasteiger charge is 2.32. The summed E-state index contributed by atoms with van der Waals surface area (Å²) >= 11 is 1.52. The Bertz CT molecular complexity index is 1390. The van der Waals surface area contributed by atoms with E-state index in [9.17, 15) is 9.59 Å². The number of amides is 1. The number of hydrogen-bond donors (Lipinski definition) is 0. The van der Waals surface area contributed by atoms with Gasteiger partial charge in [0.15, 0.2) is 6.10 Å². The van der Waals surface area contributed by atoms with Gasteiger partial charge < -0.3 is 14.4 Å². The molecule has 0 N–H and O–H groups in total. The molecule has 35 heavy (non-hydrogen) atoms. The lowest BCUT2D eigenvalue weighted by Crippen LogP contribution is -2.44. The Hall–Kier alpha value is -4.04. The number of thiazole rings is 1. The summed E-state index contributed by atoms with van der Waals surface area (Å²) < 4.78 is 11.0. The topological polar surface area (TPSA) is 81.6 Å². The Labute approximate surface area is 207 Å². The molecular weight excluding hydrogens is 462 g/mol. The molecule has 5 rings (SSSR count). The van der Waals surface area contributed by atoms with E-state index in [0.717, 1.165) is 27.5 Å². The van der Waals surface area contributed by atoms with Gasteiger partial charge in [0.05, 0.1) is 35.8 Å². The van der Waals surface area contributed by atoms with E-state index >= 15 is 0 Å². The maximum Gasteiger partial charge on any atom is 0.338 e. The van der Waals surface area contributed by atoms with Crippen LogP contribution >= 0.6 is 11.3 Å². The van der Waals surface area contributed by atoms with Crippen LogP contribution in [0.5, 0.6) is 5.75 Å². The molecule has 2 aromatic carbocycles. The molecule has 7 nitrogen and oxygen atoms in total. The van der Waals surface area contributed by atoms with Crippen LogP contribution in [-0.4, -0.2) is 34.6 Å². The van der Waals surface area contributed by atoms with E-state index in [2.05, 4.69) is 4.98 Å². The van der Waals surface area contributed by atoms with Crippen molar-refractivity contribution in [2.45, 2.75) is 26.5 Å². The fourth-order valence-electron chi connectivity index (χ4n) is 3.94. The summed E-state index contributed by atoms with van der Waals surface area (Å²) in [7, 11) is 0. The molecule has 0 radical (unpaired) electrons. The molecule has 1 aliphatic heterocycles. The molecule has 176 valence electrons. The maximum absolute atomic E-state index is 13.1. The lowest BCUT2D eigenvalue weighted by atomic mass is 10.1. The number of esters is 1. The molecule has 1 amide bonds. The van der Waals surface area contributed by atoms with Crippen LogP contribution < -0.4 is 9.64 Å². The van der Waals surface area contributed by atoms with Crippen molar-refractivity contribution in [2.75, 3.05) is 11.5 Å². The molecule has 1 unspecified atom stereocenters. The van der Waals surface area contributed by atoms with E-state index in [-0.39, 0.29) is 11.9 Å². The first-order valence-electron chi connectivity index (χ1n) is 11.3. The van der Waals surface area contributed by atoms with E-state index in [1.54, 1.807) is 43.1 Å². The highest BCUT2D eigenvalue weighted by molar-refractivity contribution is 7.13. The van der Waals surface area contributed by atoms with Crippen molar-refractivity contribution < 1.29 is 19.1 Å². The number of ether oxygens (including phenoxy) is 2. The quantitative estimate of drug-likeness (QED) is 0.342. The summed E-state index contributed by atoms with van der Waals surface area (Å²) in [5.74, 6) is 0.0946. The number of rotatable bonds is 6. The number of anilines is 1. The van der Waals surface area contributed by atoms with E-state index in [1.165, 1.54) is 11.3 Å². The monoisotopic (exact) mass is 485 g/mol. The average molecular weight is 486 g/mol. The lowest BCUT2D eigenvalue weighted by molar-refractivity contribution is -0.125. The minimum Gasteiger partial charge on any atom is -0.479 e. The van der Waals surface area contributed by atoms with Gasteiger partial charge in [0.2, 0.25) is 0 Å². The molecule has 0 spiro atoms. The van der Waals surface area contributed by atoms with Gasteiger partial charge >= 0.3 is 5.97 Å². The molecule has 0 saturated carbocycles. The fraction of sp³-hybridized carbons (Fsp3) is 0.185. The van der Waals surface area contributed by atoms with Crippen molar-refractivity contribution in [1.82, 2.24) is 9.97 Å². The number of benzene rings is 2. The highest BCUT2D eigenvalue weighted by Crippen LogP contribution is 2.39. The number of pyridine rings is 1. The number of hydrogen-bond acceptors (Lipinski definition) is 7. The van der Waals surface area contributed by atoms with E-state index in [0.29, 0.717) is 30.2 Å². The number of fused-ring (bicyclic) bond motifs is 1. The lowest BCUT2D eigenvalue weighted by Gasteiger charge is -2.33. The molecule has 0 saturated heterocycles. The second-order valence-electron chi connectivity index (χ2n) is 8.04. The van der Waals surface area contributed by atoms with E-state index < -0.39 is 6.10 Å². The van der Waals surface area contributed by atoms with Crippen molar-refractivity contribution in [3.05, 3.63) is 83.4 Å². The molecule has 0 bridgehead atoms. The van der Waals surface area contributed by atoms with Gasteiger partial charge in [0, 0.05) is 17.1 Å². The van der Waals surface area contributed by atoms with E-state index in [1.807, 2.05) is 47.8 Å². The molecule has 1 aliphatic rings. The zero-order valence-corrected chi connectivity index (χ0v) is 20.1. The van der Waals surface area contributed by atoms with Gasteiger partial charge in [-0.25, -0.2) is 9.78 Å². The van der Waals surface area contributed by atoms with Crippen LogP contribution in [0.4, 0.5) is 5.69 Å². The van der Waals surface area contributed by atoms with Gasteiger partial charge in [-0.2, -0.15) is 0 Å². The van der Waals surface area contributed by atoms with Crippen LogP contribution in [0, 0.1) is 0 Å². The minimum absolute atomic E-state index is 0.149. The van der Waals surface area contributed by atoms with Crippen molar-refractivity contribution in [3.63, 3.8) is 0 Å². The predicted molar refractivity (Wildman–Crippen MR) is 134 cm³/mol. The van der Waals surface area contributed by atoms with Crippen LogP contribution in [0.3, 0.4) is 0 Å². The molecule has 1 atom stereocenters. The normalized spacial score (nSPS) is 14.9. The van der Waals surface area contributed by atoms with Crippen molar-refractivity contribution in [1.29, 1.82) is 0 Å². The fourth-order valence-corrected chi connectivity index (χ4v) is 4.74. The summed E-state index contributed by atoms with van der Waals surface area (Å²) in [5, 5.41) is 2.81. The highest BCUT2D eigenvalue weighted by atomic mass is 32.1. The summed E-state index contributed by atoms with van der Waals surface area (Å²) in [4.78, 5) is 36.1. The Kier molecular flexibility index (Phi) is 6.29. The van der Waals surface area contributed by atoms with Crippen LogP contribution in [0.2, 0.25) is 0 Å². The first-order chi connectivity index (χ1) is 17.0. The second-order valence-corrected chi connectivity index (χ2v) is 8.90. The zero-order valence-electron chi connectivity index (χ0n) is 19.3. The molecule has 2 aromatic heterocycles. The Morgan fingerprint density at radius 1 is 1.11 bits per heavy atom. The average Bonchev–Trinajstić information content (AvgIpc) is 3.38. The van der Waals surface area contributed by atoms with Crippen molar-refractivity contribution in [2.24, 2.45) is 0 Å². The third-order valence-electron chi connectivity index (χ3n) is 5.63. The van der Waals surface area contributed by atoms with Gasteiger partial charge in [0.1, 0.15) is 10.8 Å². The van der Waals surface area contributed by atoms with Gasteiger partial charge in [-0.15, -0.1) is 11.3 Å². The third-order valence-corrected chi connectivity index (χ3v) is 6.49. The van der Waals surface area contributed by atoms with Crippen LogP contribution in [-0.2, 0) is 16.1 Å². The number of carbonyl (C=O) groups is 2. The van der Waals surface area contributed by atoms with Crippen LogP contribution in [0.15, 0.2) is 72.2 Å². The predicted octanol–water partition coefficient (Wildman–Crippen LogP) is 5.36. The van der Waals surface area contributed by atoms with E-state index in [4.69, 9.17) is 14.5 Å². The number of aromatic nitrogens is 2. The first kappa shape index (κ1) is 22.7. The standard InChI is InChI=1S/C27H23N3O4S/c1-3-33-27(32)20-8-6-7-18(13-20)15-30-23-14-19(10-11-24(23)34-17(2)26(30)31)22-16-35-25(29-22)21-9-4-5-12-28-21/h4-14,16-17H,3,15H2,1-2H3. The Morgan fingerprint density at radius 2 is 2.00 bits per heavy atom. The smallest absolute Gasteiger partial charge is 0.338 e. The van der Waals surface area contributed by atoms with Gasteiger partial charge in [-0.05, 0) is 61.9 Å². The second kappa shape index (κ2) is 9.68. The zero-order chi connectivity index (χ0) is 24.4. The minimum atomic E-state index is -0.614. The van der Waals surface area contributed by atoms with Crippen molar-refractivity contribution in [3.8, 4) is 27.7 Å². The maximum atomic E-state index is 13.1. The Morgan fingerprint density at radius 3 is 2.80 bits per heavy atom. The SMILES string of the molecule is CCOC(=O)c1cccc(CN2C(=O)C(C)Oc3ccc(-c4csc(-c5ccccn5)n4)cc32)c1. The number of carbonyl (C=O) groups excluding carboxylic acids is 2. The van der Waals surface area contributed by atoms with Gasteiger partial charge in [0.25, 0.3) is 5.91 Å². The largest absolute Gasteiger partial charge is 0.479 e. The summed E-state index contributed by atoms with van der Waals surface area (Å²) in [5.41, 5.74) is 4.43. The van der Waals surface area contributed by atoms with Crippen molar-refractivity contribution >= 4 is 28.9 Å². The first-order valence-corrected chi connectivity index (χ1v) is 12.2. The summed E-state index contributed by atoms with van der Waals surface area (Å²) in [6, 6.07) is 18.6. The molecule has 3 heterocycles. The molecule has 4 aromatic rings. The van der Waals surface area contributed by atoms with Crippen LogP contribution in [0.25, 0.3) is 22.0 Å². The van der Waals surface area contributed by atoms with Gasteiger partial charge in [-0.3, -0.25) is 9.78 Å². The Balaban J connectivity index is 1.47. The summed E-state index contributed by atoms with van der Waals surface area (Å²) in [6.07, 6.45) is 1.13. The molecular formula is C27H23N3O4S. The summed E-state index contributed by atoms with van der Waals surface area (Å²) in [6.45, 7) is 4.11. The molecule has 0 fully saturated rings. The van der Waals surface area contributed by atoms with Crippen LogP contribution in [0.1, 0.15) is 29.8 Å². The molecule has 0 aliphatic carbocycles.